The number of benzene rings is 3. The SMILES string of the molecule is Brc1cc(Br)c2c(-c3ccccc3)n(Cc3ccccc3)nc(-c3ccccc3)c1-2. The van der Waals surface area contributed by atoms with Gasteiger partial charge >= 0.3 is 0 Å². The van der Waals surface area contributed by atoms with Crippen LogP contribution in [0.5, 0.6) is 0 Å². The average Bonchev–Trinajstić information content (AvgIpc) is 3.09. The van der Waals surface area contributed by atoms with E-state index in [0.717, 1.165) is 42.6 Å². The fourth-order valence-electron chi connectivity index (χ4n) is 3.87. The summed E-state index contributed by atoms with van der Waals surface area (Å²) in [7, 11) is 0. The molecule has 0 aromatic heterocycles. The van der Waals surface area contributed by atoms with Crippen molar-refractivity contribution >= 4 is 31.9 Å². The highest BCUT2D eigenvalue weighted by Gasteiger charge is 2.26. The van der Waals surface area contributed by atoms with Crippen LogP contribution in [-0.2, 0) is 6.54 Å². The molecule has 2 nitrogen and oxygen atoms in total. The second kappa shape index (κ2) is 8.21. The highest BCUT2D eigenvalue weighted by Crippen LogP contribution is 2.48. The van der Waals surface area contributed by atoms with E-state index >= 15 is 0 Å². The van der Waals surface area contributed by atoms with E-state index in [0.29, 0.717) is 6.54 Å². The number of fused-ring (bicyclic) bond motifs is 1. The van der Waals surface area contributed by atoms with Crippen LogP contribution in [0.1, 0.15) is 5.56 Å². The van der Waals surface area contributed by atoms with Crippen molar-refractivity contribution in [3.8, 4) is 33.6 Å². The Balaban J connectivity index is 1.85. The molecular formula is C26H18Br2N2. The van der Waals surface area contributed by atoms with E-state index in [4.69, 9.17) is 5.10 Å². The molecule has 2 aliphatic rings. The first-order valence-corrected chi connectivity index (χ1v) is 11.3. The Morgan fingerprint density at radius 2 is 1.17 bits per heavy atom. The van der Waals surface area contributed by atoms with Crippen LogP contribution in [0.15, 0.2) is 106 Å². The molecule has 1 aliphatic carbocycles. The minimum absolute atomic E-state index is 0.691. The summed E-state index contributed by atoms with van der Waals surface area (Å²) in [5, 5.41) is 5.18. The third-order valence-corrected chi connectivity index (χ3v) is 6.45. The van der Waals surface area contributed by atoms with Gasteiger partial charge in [0.15, 0.2) is 0 Å². The van der Waals surface area contributed by atoms with Crippen molar-refractivity contribution in [2.24, 2.45) is 0 Å². The second-order valence-electron chi connectivity index (χ2n) is 7.16. The molecule has 146 valence electrons. The van der Waals surface area contributed by atoms with Crippen LogP contribution in [0, 0.1) is 0 Å². The van der Waals surface area contributed by atoms with E-state index in [9.17, 15) is 0 Å². The number of rotatable bonds is 4. The molecule has 0 bridgehead atoms. The Labute approximate surface area is 192 Å². The lowest BCUT2D eigenvalue weighted by Gasteiger charge is -2.21. The van der Waals surface area contributed by atoms with Crippen LogP contribution in [0.25, 0.3) is 33.6 Å². The molecule has 3 aromatic carbocycles. The van der Waals surface area contributed by atoms with Gasteiger partial charge in [-0.3, -0.25) is 4.68 Å². The predicted molar refractivity (Wildman–Crippen MR) is 131 cm³/mol. The quantitative estimate of drug-likeness (QED) is 0.237. The van der Waals surface area contributed by atoms with Gasteiger partial charge in [0.05, 0.1) is 17.9 Å². The standard InChI is InChI=1S/C26H18Br2N2/c27-21-16-22(28)24-23(21)25(19-12-6-2-7-13-19)29-30(17-18-10-4-1-5-11-18)26(24)20-14-8-3-9-15-20/h1-16H,17H2. The molecule has 0 radical (unpaired) electrons. The topological polar surface area (TPSA) is 17.8 Å². The van der Waals surface area contributed by atoms with Crippen LogP contribution < -0.4 is 0 Å². The number of hydrogen-bond donors (Lipinski definition) is 0. The van der Waals surface area contributed by atoms with Gasteiger partial charge in [-0.25, -0.2) is 0 Å². The number of nitrogens with zero attached hydrogens (tertiary/aromatic N) is 2. The number of aromatic nitrogens is 2. The molecule has 30 heavy (non-hydrogen) atoms. The van der Waals surface area contributed by atoms with E-state index in [2.05, 4.69) is 115 Å². The van der Waals surface area contributed by atoms with E-state index in [-0.39, 0.29) is 0 Å². The van der Waals surface area contributed by atoms with Crippen molar-refractivity contribution in [3.05, 3.63) is 112 Å². The van der Waals surface area contributed by atoms with Crippen molar-refractivity contribution in [2.75, 3.05) is 0 Å². The summed E-state index contributed by atoms with van der Waals surface area (Å²) in [4.78, 5) is 0. The Hall–Kier alpha value is -2.69. The molecule has 0 fully saturated rings. The van der Waals surface area contributed by atoms with Crippen LogP contribution >= 0.6 is 31.9 Å². The van der Waals surface area contributed by atoms with Gasteiger partial charge < -0.3 is 0 Å². The van der Waals surface area contributed by atoms with Crippen LogP contribution in [-0.4, -0.2) is 9.78 Å². The molecule has 0 N–H and O–H groups in total. The first-order valence-electron chi connectivity index (χ1n) is 9.75. The zero-order valence-electron chi connectivity index (χ0n) is 16.1. The predicted octanol–water partition coefficient (Wildman–Crippen LogP) is 7.90. The molecule has 0 amide bonds. The Kier molecular flexibility index (Phi) is 5.28. The van der Waals surface area contributed by atoms with Gasteiger partial charge in [0, 0.05) is 31.2 Å². The zero-order chi connectivity index (χ0) is 20.5. The van der Waals surface area contributed by atoms with Crippen molar-refractivity contribution in [2.45, 2.75) is 6.54 Å². The fraction of sp³-hybridized carbons (Fsp3) is 0.0385. The molecule has 0 unspecified atom stereocenters. The molecular weight excluding hydrogens is 500 g/mol. The molecule has 4 heteroatoms. The highest BCUT2D eigenvalue weighted by molar-refractivity contribution is 9.11. The first-order chi connectivity index (χ1) is 14.7. The van der Waals surface area contributed by atoms with Gasteiger partial charge in [0.1, 0.15) is 0 Å². The maximum atomic E-state index is 5.18. The summed E-state index contributed by atoms with van der Waals surface area (Å²) in [5.74, 6) is 0. The van der Waals surface area contributed by atoms with Crippen molar-refractivity contribution in [3.63, 3.8) is 0 Å². The molecule has 0 saturated heterocycles. The summed E-state index contributed by atoms with van der Waals surface area (Å²) in [6, 6.07) is 33.5. The van der Waals surface area contributed by atoms with Gasteiger partial charge in [0.2, 0.25) is 0 Å². The highest BCUT2D eigenvalue weighted by atomic mass is 79.9. The van der Waals surface area contributed by atoms with Crippen LogP contribution in [0.2, 0.25) is 0 Å². The fourth-order valence-corrected chi connectivity index (χ4v) is 5.40. The first kappa shape index (κ1) is 19.3. The minimum Gasteiger partial charge on any atom is -0.259 e. The largest absolute Gasteiger partial charge is 0.259 e. The summed E-state index contributed by atoms with van der Waals surface area (Å²) in [6.07, 6.45) is 0. The Morgan fingerprint density at radius 3 is 1.80 bits per heavy atom. The monoisotopic (exact) mass is 516 g/mol. The molecule has 3 aromatic rings. The van der Waals surface area contributed by atoms with Crippen molar-refractivity contribution in [1.82, 2.24) is 9.78 Å². The Bertz CT molecular complexity index is 1260. The van der Waals surface area contributed by atoms with Crippen molar-refractivity contribution < 1.29 is 0 Å². The minimum atomic E-state index is 0.691. The maximum absolute atomic E-state index is 5.18. The molecule has 5 rings (SSSR count). The second-order valence-corrected chi connectivity index (χ2v) is 8.87. The van der Waals surface area contributed by atoms with E-state index in [1.807, 2.05) is 18.2 Å². The number of halogens is 2. The molecule has 0 spiro atoms. The average molecular weight is 518 g/mol. The van der Waals surface area contributed by atoms with E-state index < -0.39 is 0 Å². The zero-order valence-corrected chi connectivity index (χ0v) is 19.3. The van der Waals surface area contributed by atoms with Gasteiger partial charge in [-0.2, -0.15) is 5.10 Å². The third kappa shape index (κ3) is 3.51. The number of hydrogen-bond acceptors (Lipinski definition) is 1. The molecule has 1 heterocycles. The van der Waals surface area contributed by atoms with Gasteiger partial charge in [0.25, 0.3) is 0 Å². The molecule has 0 saturated carbocycles. The summed E-state index contributed by atoms with van der Waals surface area (Å²) in [5.41, 5.74) is 7.82. The Morgan fingerprint density at radius 1 is 0.633 bits per heavy atom. The van der Waals surface area contributed by atoms with Crippen LogP contribution in [0.4, 0.5) is 0 Å². The smallest absolute Gasteiger partial charge is 0.0999 e. The van der Waals surface area contributed by atoms with Gasteiger partial charge in [-0.1, -0.05) is 123 Å². The van der Waals surface area contributed by atoms with E-state index in [1.165, 1.54) is 5.56 Å². The van der Waals surface area contributed by atoms with Gasteiger partial charge in [-0.05, 0) is 11.6 Å². The lowest BCUT2D eigenvalue weighted by Crippen LogP contribution is -2.12. The summed E-state index contributed by atoms with van der Waals surface area (Å²) in [6.45, 7) is 0.691. The van der Waals surface area contributed by atoms with Gasteiger partial charge in [-0.15, -0.1) is 0 Å². The molecule has 0 atom stereocenters. The summed E-state index contributed by atoms with van der Waals surface area (Å²) >= 11 is 7.61. The molecule has 1 aliphatic heterocycles. The maximum Gasteiger partial charge on any atom is 0.0999 e. The van der Waals surface area contributed by atoms with E-state index in [1.54, 1.807) is 0 Å². The van der Waals surface area contributed by atoms with Crippen LogP contribution in [0.3, 0.4) is 0 Å². The third-order valence-electron chi connectivity index (χ3n) is 5.20. The lowest BCUT2D eigenvalue weighted by molar-refractivity contribution is 0.679. The normalized spacial score (nSPS) is 11.1. The van der Waals surface area contributed by atoms with Crippen molar-refractivity contribution in [1.29, 1.82) is 0 Å². The lowest BCUT2D eigenvalue weighted by atomic mass is 9.98. The summed E-state index contributed by atoms with van der Waals surface area (Å²) < 4.78 is 4.23.